The molecule has 1 aromatic carbocycles. The minimum Gasteiger partial charge on any atom is -0.491 e. The van der Waals surface area contributed by atoms with Gasteiger partial charge < -0.3 is 15.0 Å². The van der Waals surface area contributed by atoms with Gasteiger partial charge in [0.25, 0.3) is 0 Å². The van der Waals surface area contributed by atoms with Crippen LogP contribution in [0.4, 0.5) is 5.69 Å². The predicted octanol–water partition coefficient (Wildman–Crippen LogP) is 1.81. The fourth-order valence-electron chi connectivity index (χ4n) is 2.77. The van der Waals surface area contributed by atoms with Crippen LogP contribution in [-0.4, -0.2) is 32.3 Å². The number of nitrogens with zero attached hydrogens (tertiary/aromatic N) is 1. The molecular weight excluding hydrogens is 212 g/mol. The maximum Gasteiger partial charge on any atom is 0.142 e. The van der Waals surface area contributed by atoms with Crippen LogP contribution < -0.4 is 15.0 Å². The van der Waals surface area contributed by atoms with E-state index in [9.17, 15) is 0 Å². The molecule has 1 saturated heterocycles. The van der Waals surface area contributed by atoms with Crippen molar-refractivity contribution in [2.45, 2.75) is 25.8 Å². The van der Waals surface area contributed by atoms with Gasteiger partial charge in [0, 0.05) is 32.1 Å². The van der Waals surface area contributed by atoms with Crippen molar-refractivity contribution in [3.8, 4) is 5.75 Å². The normalized spacial score (nSPS) is 23.4. The van der Waals surface area contributed by atoms with Crippen molar-refractivity contribution in [2.24, 2.45) is 0 Å². The van der Waals surface area contributed by atoms with Crippen molar-refractivity contribution < 1.29 is 4.74 Å². The minimum absolute atomic E-state index is 0.595. The van der Waals surface area contributed by atoms with E-state index in [-0.39, 0.29) is 0 Å². The standard InChI is InChI=1S/C14H20N2O/c1-2-11-3-4-14-13(9-11)16-7-6-15-10-12(16)5-8-17-14/h3-4,9,12,15H,2,5-8,10H2,1H3. The average molecular weight is 232 g/mol. The third kappa shape index (κ3) is 2.00. The number of nitrogens with one attached hydrogen (secondary N) is 1. The molecule has 0 radical (unpaired) electrons. The highest BCUT2D eigenvalue weighted by molar-refractivity contribution is 5.61. The van der Waals surface area contributed by atoms with Gasteiger partial charge in [0.1, 0.15) is 5.75 Å². The Kier molecular flexibility index (Phi) is 2.93. The Morgan fingerprint density at radius 1 is 1.47 bits per heavy atom. The molecular formula is C14H20N2O. The third-order valence-electron chi connectivity index (χ3n) is 3.80. The number of hydrogen-bond donors (Lipinski definition) is 1. The smallest absolute Gasteiger partial charge is 0.142 e. The summed E-state index contributed by atoms with van der Waals surface area (Å²) in [5.74, 6) is 1.06. The molecule has 1 aromatic rings. The van der Waals surface area contributed by atoms with E-state index in [0.29, 0.717) is 6.04 Å². The molecule has 2 heterocycles. The van der Waals surface area contributed by atoms with Crippen molar-refractivity contribution in [1.29, 1.82) is 0 Å². The summed E-state index contributed by atoms with van der Waals surface area (Å²) >= 11 is 0. The molecule has 3 heteroatoms. The summed E-state index contributed by atoms with van der Waals surface area (Å²) in [6.07, 6.45) is 2.20. The summed E-state index contributed by atoms with van der Waals surface area (Å²) < 4.78 is 5.87. The Labute approximate surface area is 103 Å². The molecule has 0 bridgehead atoms. The van der Waals surface area contributed by atoms with Crippen LogP contribution in [0.5, 0.6) is 5.75 Å². The van der Waals surface area contributed by atoms with Crippen LogP contribution >= 0.6 is 0 Å². The molecule has 0 amide bonds. The van der Waals surface area contributed by atoms with Gasteiger partial charge in [-0.1, -0.05) is 13.0 Å². The SMILES string of the molecule is CCc1ccc2c(c1)N1CCNCC1CCO2. The van der Waals surface area contributed by atoms with Crippen LogP contribution in [0.15, 0.2) is 18.2 Å². The molecule has 0 aliphatic carbocycles. The Balaban J connectivity index is 2.00. The molecule has 2 aliphatic rings. The van der Waals surface area contributed by atoms with Crippen LogP contribution in [-0.2, 0) is 6.42 Å². The van der Waals surface area contributed by atoms with Crippen LogP contribution in [0.3, 0.4) is 0 Å². The number of anilines is 1. The van der Waals surface area contributed by atoms with E-state index in [1.165, 1.54) is 11.3 Å². The van der Waals surface area contributed by atoms with Crippen molar-refractivity contribution in [3.05, 3.63) is 23.8 Å². The lowest BCUT2D eigenvalue weighted by Crippen LogP contribution is -2.51. The van der Waals surface area contributed by atoms with Gasteiger partial charge in [-0.2, -0.15) is 0 Å². The molecule has 1 N–H and O–H groups in total. The van der Waals surface area contributed by atoms with E-state index in [2.05, 4.69) is 35.3 Å². The highest BCUT2D eigenvalue weighted by Crippen LogP contribution is 2.34. The van der Waals surface area contributed by atoms with Crippen LogP contribution in [0.25, 0.3) is 0 Å². The molecule has 0 spiro atoms. The second-order valence-corrected chi connectivity index (χ2v) is 4.84. The molecule has 17 heavy (non-hydrogen) atoms. The summed E-state index contributed by atoms with van der Waals surface area (Å²) in [4.78, 5) is 2.53. The maximum atomic E-state index is 5.87. The first-order valence-corrected chi connectivity index (χ1v) is 6.61. The summed E-state index contributed by atoms with van der Waals surface area (Å²) in [6.45, 7) is 6.29. The summed E-state index contributed by atoms with van der Waals surface area (Å²) in [5.41, 5.74) is 2.69. The van der Waals surface area contributed by atoms with Crippen LogP contribution in [0.2, 0.25) is 0 Å². The van der Waals surface area contributed by atoms with E-state index in [1.807, 2.05) is 0 Å². The lowest BCUT2D eigenvalue weighted by atomic mass is 10.1. The Morgan fingerprint density at radius 3 is 3.29 bits per heavy atom. The van der Waals surface area contributed by atoms with Crippen molar-refractivity contribution >= 4 is 5.69 Å². The highest BCUT2D eigenvalue weighted by Gasteiger charge is 2.27. The first-order chi connectivity index (χ1) is 8.38. The topological polar surface area (TPSA) is 24.5 Å². The highest BCUT2D eigenvalue weighted by atomic mass is 16.5. The zero-order chi connectivity index (χ0) is 11.7. The van der Waals surface area contributed by atoms with Crippen molar-refractivity contribution in [3.63, 3.8) is 0 Å². The Bertz CT molecular complexity index is 405. The van der Waals surface area contributed by atoms with Gasteiger partial charge in [-0.3, -0.25) is 0 Å². The minimum atomic E-state index is 0.595. The monoisotopic (exact) mass is 232 g/mol. The quantitative estimate of drug-likeness (QED) is 0.799. The summed E-state index contributed by atoms with van der Waals surface area (Å²) in [7, 11) is 0. The molecule has 0 aromatic heterocycles. The number of piperazine rings is 1. The van der Waals surface area contributed by atoms with Crippen molar-refractivity contribution in [2.75, 3.05) is 31.1 Å². The first kappa shape index (κ1) is 10.9. The molecule has 1 atom stereocenters. The molecule has 3 nitrogen and oxygen atoms in total. The van der Waals surface area contributed by atoms with Gasteiger partial charge >= 0.3 is 0 Å². The molecule has 3 rings (SSSR count). The van der Waals surface area contributed by atoms with Gasteiger partial charge in [-0.15, -0.1) is 0 Å². The van der Waals surface area contributed by atoms with Gasteiger partial charge in [-0.05, 0) is 24.1 Å². The zero-order valence-corrected chi connectivity index (χ0v) is 10.4. The van der Waals surface area contributed by atoms with E-state index in [1.54, 1.807) is 0 Å². The van der Waals surface area contributed by atoms with Gasteiger partial charge in [0.2, 0.25) is 0 Å². The summed E-state index contributed by atoms with van der Waals surface area (Å²) in [5, 5.41) is 3.47. The van der Waals surface area contributed by atoms with Crippen molar-refractivity contribution in [1.82, 2.24) is 5.32 Å². The van der Waals surface area contributed by atoms with E-state index < -0.39 is 0 Å². The predicted molar refractivity (Wildman–Crippen MR) is 69.9 cm³/mol. The van der Waals surface area contributed by atoms with Crippen LogP contribution in [0.1, 0.15) is 18.9 Å². The second kappa shape index (κ2) is 4.57. The fourth-order valence-corrected chi connectivity index (χ4v) is 2.77. The zero-order valence-electron chi connectivity index (χ0n) is 10.4. The number of hydrogen-bond acceptors (Lipinski definition) is 3. The number of benzene rings is 1. The number of aryl methyl sites for hydroxylation is 1. The average Bonchev–Trinajstić information content (AvgIpc) is 2.57. The largest absolute Gasteiger partial charge is 0.491 e. The van der Waals surface area contributed by atoms with Gasteiger partial charge in [0.15, 0.2) is 0 Å². The van der Waals surface area contributed by atoms with Gasteiger partial charge in [0.05, 0.1) is 12.3 Å². The third-order valence-corrected chi connectivity index (χ3v) is 3.80. The lowest BCUT2D eigenvalue weighted by molar-refractivity contribution is 0.304. The number of fused-ring (bicyclic) bond motifs is 3. The fraction of sp³-hybridized carbons (Fsp3) is 0.571. The Hall–Kier alpha value is -1.22. The molecule has 1 fully saturated rings. The van der Waals surface area contributed by atoms with E-state index >= 15 is 0 Å². The maximum absolute atomic E-state index is 5.87. The molecule has 2 aliphatic heterocycles. The van der Waals surface area contributed by atoms with E-state index in [4.69, 9.17) is 4.74 Å². The second-order valence-electron chi connectivity index (χ2n) is 4.84. The molecule has 1 unspecified atom stereocenters. The first-order valence-electron chi connectivity index (χ1n) is 6.61. The van der Waals surface area contributed by atoms with Crippen LogP contribution in [0, 0.1) is 0 Å². The molecule has 92 valence electrons. The van der Waals surface area contributed by atoms with E-state index in [0.717, 1.165) is 44.8 Å². The van der Waals surface area contributed by atoms with Gasteiger partial charge in [-0.25, -0.2) is 0 Å². The molecule has 0 saturated carbocycles. The summed E-state index contributed by atoms with van der Waals surface area (Å²) in [6, 6.07) is 7.22. The lowest BCUT2D eigenvalue weighted by Gasteiger charge is -2.36. The number of ether oxygens (including phenoxy) is 1. The Morgan fingerprint density at radius 2 is 2.41 bits per heavy atom. The number of rotatable bonds is 1.